The van der Waals surface area contributed by atoms with Crippen LogP contribution in [0.5, 0.6) is 0 Å². The number of nitrogens with zero attached hydrogens (tertiary/aromatic N) is 2. The molecule has 6 nitrogen and oxygen atoms in total. The highest BCUT2D eigenvalue weighted by atomic mass is 127. The maximum Gasteiger partial charge on any atom is 0.191 e. The van der Waals surface area contributed by atoms with Gasteiger partial charge in [0.05, 0.1) is 19.8 Å². The number of methoxy groups -OCH3 is 1. The van der Waals surface area contributed by atoms with Crippen LogP contribution in [-0.2, 0) is 16.0 Å². The molecule has 0 aromatic heterocycles. The largest absolute Gasteiger partial charge is 0.382 e. The van der Waals surface area contributed by atoms with Gasteiger partial charge in [-0.05, 0) is 26.0 Å². The normalized spacial score (nSPS) is 12.6. The molecule has 0 amide bonds. The number of benzene rings is 1. The molecule has 0 radical (unpaired) electrons. The molecule has 0 bridgehead atoms. The Balaban J connectivity index is 0.00000625. The monoisotopic (exact) mass is 478 g/mol. The van der Waals surface area contributed by atoms with Gasteiger partial charge in [0.1, 0.15) is 0 Å². The molecule has 1 unspecified atom stereocenters. The average Bonchev–Trinajstić information content (AvgIpc) is 2.63. The molecular weight excluding hydrogens is 443 g/mol. The van der Waals surface area contributed by atoms with Crippen LogP contribution in [0.1, 0.15) is 18.9 Å². The molecule has 7 heteroatoms. The molecule has 0 saturated heterocycles. The van der Waals surface area contributed by atoms with Crippen molar-refractivity contribution in [3.63, 3.8) is 0 Å². The standard InChI is InChI=1S/C19H34N4O2.HI/c1-17(23(3)16-18-8-6-5-7-9-18)10-11-21-19(20-2)22-12-13-25-15-14-24-4;/h5-9,17H,10-16H2,1-4H3,(H2,20,21,22);1H. The molecule has 1 aromatic carbocycles. The minimum Gasteiger partial charge on any atom is -0.382 e. The maximum atomic E-state index is 5.42. The van der Waals surface area contributed by atoms with E-state index in [-0.39, 0.29) is 24.0 Å². The maximum absolute atomic E-state index is 5.42. The Labute approximate surface area is 175 Å². The van der Waals surface area contributed by atoms with Crippen LogP contribution in [0, 0.1) is 0 Å². The van der Waals surface area contributed by atoms with Crippen LogP contribution in [0.15, 0.2) is 35.3 Å². The van der Waals surface area contributed by atoms with Crippen LogP contribution >= 0.6 is 24.0 Å². The van der Waals surface area contributed by atoms with E-state index in [1.165, 1.54) is 5.56 Å². The zero-order valence-electron chi connectivity index (χ0n) is 16.5. The Bertz CT molecular complexity index is 474. The summed E-state index contributed by atoms with van der Waals surface area (Å²) in [5, 5.41) is 6.60. The van der Waals surface area contributed by atoms with Crippen LogP contribution in [0.3, 0.4) is 0 Å². The number of hydrogen-bond donors (Lipinski definition) is 2. The van der Waals surface area contributed by atoms with Crippen molar-refractivity contribution >= 4 is 29.9 Å². The van der Waals surface area contributed by atoms with Crippen molar-refractivity contribution in [2.45, 2.75) is 25.9 Å². The molecule has 0 aliphatic rings. The van der Waals surface area contributed by atoms with Gasteiger partial charge in [0.15, 0.2) is 5.96 Å². The lowest BCUT2D eigenvalue weighted by Crippen LogP contribution is -2.41. The van der Waals surface area contributed by atoms with Crippen molar-refractivity contribution in [3.8, 4) is 0 Å². The summed E-state index contributed by atoms with van der Waals surface area (Å²) < 4.78 is 10.4. The van der Waals surface area contributed by atoms with E-state index in [4.69, 9.17) is 9.47 Å². The summed E-state index contributed by atoms with van der Waals surface area (Å²) >= 11 is 0. The van der Waals surface area contributed by atoms with E-state index < -0.39 is 0 Å². The van der Waals surface area contributed by atoms with Crippen LogP contribution in [-0.4, -0.2) is 71.0 Å². The highest BCUT2D eigenvalue weighted by Gasteiger charge is 2.09. The predicted octanol–water partition coefficient (Wildman–Crippen LogP) is 2.34. The number of guanidine groups is 1. The van der Waals surface area contributed by atoms with Crippen LogP contribution in [0.2, 0.25) is 0 Å². The molecule has 1 rings (SSSR count). The zero-order valence-corrected chi connectivity index (χ0v) is 18.9. The number of halogens is 1. The lowest BCUT2D eigenvalue weighted by atomic mass is 10.1. The van der Waals surface area contributed by atoms with Crippen molar-refractivity contribution in [3.05, 3.63) is 35.9 Å². The lowest BCUT2D eigenvalue weighted by Gasteiger charge is -2.25. The highest BCUT2D eigenvalue weighted by Crippen LogP contribution is 2.07. The van der Waals surface area contributed by atoms with E-state index >= 15 is 0 Å². The third-order valence-corrected chi connectivity index (χ3v) is 4.08. The fourth-order valence-electron chi connectivity index (χ4n) is 2.35. The molecule has 0 saturated carbocycles. The summed E-state index contributed by atoms with van der Waals surface area (Å²) in [6, 6.07) is 11.1. The smallest absolute Gasteiger partial charge is 0.191 e. The van der Waals surface area contributed by atoms with E-state index in [0.717, 1.165) is 32.0 Å². The minimum absolute atomic E-state index is 0. The molecule has 2 N–H and O–H groups in total. The van der Waals surface area contributed by atoms with Crippen LogP contribution in [0.25, 0.3) is 0 Å². The predicted molar refractivity (Wildman–Crippen MR) is 119 cm³/mol. The molecule has 1 aromatic rings. The first-order valence-corrected chi connectivity index (χ1v) is 8.92. The quantitative estimate of drug-likeness (QED) is 0.209. The number of ether oxygens (including phenoxy) is 2. The van der Waals surface area contributed by atoms with Gasteiger partial charge in [-0.25, -0.2) is 0 Å². The van der Waals surface area contributed by atoms with Gasteiger partial charge in [-0.15, -0.1) is 24.0 Å². The molecule has 0 heterocycles. The second-order valence-electron chi connectivity index (χ2n) is 6.07. The SMILES string of the molecule is CN=C(NCCOCCOC)NCCC(C)N(C)Cc1ccccc1.I. The van der Waals surface area contributed by atoms with E-state index in [9.17, 15) is 0 Å². The number of aliphatic imine (C=N–C) groups is 1. The molecular formula is C19H35IN4O2. The van der Waals surface area contributed by atoms with Gasteiger partial charge in [0.2, 0.25) is 0 Å². The molecule has 0 aliphatic heterocycles. The third kappa shape index (κ3) is 11.7. The molecule has 150 valence electrons. The summed E-state index contributed by atoms with van der Waals surface area (Å²) in [4.78, 5) is 6.60. The molecule has 26 heavy (non-hydrogen) atoms. The fourth-order valence-corrected chi connectivity index (χ4v) is 2.35. The lowest BCUT2D eigenvalue weighted by molar-refractivity contribution is 0.0733. The first-order chi connectivity index (χ1) is 12.2. The molecule has 1 atom stereocenters. The van der Waals surface area contributed by atoms with E-state index in [1.807, 2.05) is 0 Å². The van der Waals surface area contributed by atoms with Gasteiger partial charge in [0, 0.05) is 39.8 Å². The first kappa shape index (κ1) is 25.1. The first-order valence-electron chi connectivity index (χ1n) is 8.92. The van der Waals surface area contributed by atoms with Crippen LogP contribution < -0.4 is 10.6 Å². The fraction of sp³-hybridized carbons (Fsp3) is 0.632. The van der Waals surface area contributed by atoms with Crippen molar-refractivity contribution in [1.29, 1.82) is 0 Å². The van der Waals surface area contributed by atoms with Gasteiger partial charge in [-0.1, -0.05) is 30.3 Å². The molecule has 0 fully saturated rings. The Morgan fingerprint density at radius 1 is 1.12 bits per heavy atom. The van der Waals surface area contributed by atoms with Gasteiger partial charge >= 0.3 is 0 Å². The summed E-state index contributed by atoms with van der Waals surface area (Å²) in [5.74, 6) is 0.813. The topological polar surface area (TPSA) is 58.1 Å². The number of nitrogens with one attached hydrogen (secondary N) is 2. The summed E-state index contributed by atoms with van der Waals surface area (Å²) in [7, 11) is 5.62. The van der Waals surface area contributed by atoms with E-state index in [1.54, 1.807) is 14.2 Å². The number of hydrogen-bond acceptors (Lipinski definition) is 4. The van der Waals surface area contributed by atoms with Crippen molar-refractivity contribution in [2.75, 3.05) is 54.1 Å². The Kier molecular flexibility index (Phi) is 15.7. The van der Waals surface area contributed by atoms with Crippen LogP contribution in [0.4, 0.5) is 0 Å². The van der Waals surface area contributed by atoms with Gasteiger partial charge in [0.25, 0.3) is 0 Å². The molecule has 0 aliphatic carbocycles. The Hall–Kier alpha value is -0.900. The average molecular weight is 478 g/mol. The van der Waals surface area contributed by atoms with Crippen molar-refractivity contribution in [2.24, 2.45) is 4.99 Å². The zero-order chi connectivity index (χ0) is 18.3. The minimum atomic E-state index is 0. The second-order valence-corrected chi connectivity index (χ2v) is 6.07. The summed E-state index contributed by atoms with van der Waals surface area (Å²) in [6.07, 6.45) is 1.05. The summed E-state index contributed by atoms with van der Waals surface area (Å²) in [5.41, 5.74) is 1.34. The Morgan fingerprint density at radius 2 is 1.81 bits per heavy atom. The van der Waals surface area contributed by atoms with Gasteiger partial charge in [-0.3, -0.25) is 9.89 Å². The van der Waals surface area contributed by atoms with Gasteiger partial charge < -0.3 is 20.1 Å². The van der Waals surface area contributed by atoms with Gasteiger partial charge in [-0.2, -0.15) is 0 Å². The third-order valence-electron chi connectivity index (χ3n) is 4.08. The molecule has 0 spiro atoms. The Morgan fingerprint density at radius 3 is 2.46 bits per heavy atom. The summed E-state index contributed by atoms with van der Waals surface area (Å²) in [6.45, 7) is 6.71. The second kappa shape index (κ2) is 16.3. The highest BCUT2D eigenvalue weighted by molar-refractivity contribution is 14.0. The van der Waals surface area contributed by atoms with Crippen molar-refractivity contribution < 1.29 is 9.47 Å². The van der Waals surface area contributed by atoms with E-state index in [2.05, 4.69) is 64.8 Å². The van der Waals surface area contributed by atoms with E-state index in [0.29, 0.717) is 25.9 Å². The number of rotatable bonds is 12. The van der Waals surface area contributed by atoms with Crippen molar-refractivity contribution in [1.82, 2.24) is 15.5 Å².